The van der Waals surface area contributed by atoms with E-state index in [0.717, 1.165) is 49.1 Å². The third kappa shape index (κ3) is 4.77. The first-order valence-corrected chi connectivity index (χ1v) is 11.7. The summed E-state index contributed by atoms with van der Waals surface area (Å²) in [5.41, 5.74) is 1.70. The molecule has 1 aliphatic carbocycles. The van der Waals surface area contributed by atoms with Crippen molar-refractivity contribution in [2.24, 2.45) is 5.92 Å². The van der Waals surface area contributed by atoms with Gasteiger partial charge in [0.15, 0.2) is 0 Å². The molecule has 0 aromatic heterocycles. The minimum absolute atomic E-state index is 0.0708. The van der Waals surface area contributed by atoms with Crippen molar-refractivity contribution in [1.82, 2.24) is 10.6 Å². The predicted molar refractivity (Wildman–Crippen MR) is 115 cm³/mol. The molecule has 1 saturated carbocycles. The summed E-state index contributed by atoms with van der Waals surface area (Å²) < 4.78 is 0. The summed E-state index contributed by atoms with van der Waals surface area (Å²) in [6, 6.07) is 7.62. The molecule has 156 valence electrons. The van der Waals surface area contributed by atoms with Crippen LogP contribution in [0.3, 0.4) is 0 Å². The van der Waals surface area contributed by atoms with E-state index in [2.05, 4.69) is 16.0 Å². The van der Waals surface area contributed by atoms with Gasteiger partial charge in [0.05, 0.1) is 11.2 Å². The number of amides is 3. The summed E-state index contributed by atoms with van der Waals surface area (Å²) in [4.78, 5) is 37.3. The fourth-order valence-electron chi connectivity index (χ4n) is 4.69. The van der Waals surface area contributed by atoms with Crippen LogP contribution >= 0.6 is 11.8 Å². The summed E-state index contributed by atoms with van der Waals surface area (Å²) >= 11 is 1.76. The van der Waals surface area contributed by atoms with Crippen molar-refractivity contribution in [3.8, 4) is 0 Å². The number of carbonyl (C=O) groups is 3. The van der Waals surface area contributed by atoms with Crippen LogP contribution in [0.25, 0.3) is 0 Å². The number of hydrogen-bond donors (Lipinski definition) is 3. The van der Waals surface area contributed by atoms with Crippen molar-refractivity contribution in [3.05, 3.63) is 29.8 Å². The average Bonchev–Trinajstić information content (AvgIpc) is 3.30. The van der Waals surface area contributed by atoms with Crippen molar-refractivity contribution in [3.63, 3.8) is 0 Å². The van der Waals surface area contributed by atoms with Crippen LogP contribution < -0.4 is 16.0 Å². The molecule has 0 bridgehead atoms. The van der Waals surface area contributed by atoms with Crippen LogP contribution in [-0.2, 0) is 14.4 Å². The highest BCUT2D eigenvalue weighted by molar-refractivity contribution is 8.00. The first-order valence-electron chi connectivity index (χ1n) is 10.7. The van der Waals surface area contributed by atoms with E-state index < -0.39 is 5.92 Å². The molecule has 4 rings (SSSR count). The zero-order valence-electron chi connectivity index (χ0n) is 16.6. The van der Waals surface area contributed by atoms with E-state index in [9.17, 15) is 14.4 Å². The van der Waals surface area contributed by atoms with E-state index in [4.69, 9.17) is 0 Å². The molecule has 4 atom stereocenters. The van der Waals surface area contributed by atoms with Crippen molar-refractivity contribution >= 4 is 35.2 Å². The Morgan fingerprint density at radius 3 is 2.79 bits per heavy atom. The van der Waals surface area contributed by atoms with Crippen LogP contribution in [0.5, 0.6) is 0 Å². The van der Waals surface area contributed by atoms with E-state index in [0.29, 0.717) is 6.54 Å². The standard InChI is InChI=1S/C22H29N3O3S/c26-20(12-16-15-7-1-2-8-18(15)25-21(16)27)24-17-9-5-6-14(17)13-23-22(28)19-10-3-4-11-29-19/h1-2,7-8,14,16-17,19H,3-6,9-13H2,(H,23,28)(H,24,26)(H,25,27). The third-order valence-electron chi connectivity index (χ3n) is 6.32. The summed E-state index contributed by atoms with van der Waals surface area (Å²) in [5.74, 6) is 0.855. The lowest BCUT2D eigenvalue weighted by Crippen LogP contribution is -2.44. The zero-order valence-corrected chi connectivity index (χ0v) is 17.4. The topological polar surface area (TPSA) is 87.3 Å². The van der Waals surface area contributed by atoms with Crippen molar-refractivity contribution in [1.29, 1.82) is 0 Å². The fraction of sp³-hybridized carbons (Fsp3) is 0.591. The Labute approximate surface area is 176 Å². The van der Waals surface area contributed by atoms with E-state index in [1.165, 1.54) is 6.42 Å². The van der Waals surface area contributed by atoms with Gasteiger partial charge in [-0.15, -0.1) is 11.8 Å². The Morgan fingerprint density at radius 1 is 1.10 bits per heavy atom. The van der Waals surface area contributed by atoms with Gasteiger partial charge >= 0.3 is 0 Å². The van der Waals surface area contributed by atoms with Gasteiger partial charge in [-0.1, -0.05) is 31.0 Å². The van der Waals surface area contributed by atoms with Gasteiger partial charge in [-0.05, 0) is 49.0 Å². The van der Waals surface area contributed by atoms with Crippen LogP contribution in [0, 0.1) is 5.92 Å². The largest absolute Gasteiger partial charge is 0.355 e. The highest BCUT2D eigenvalue weighted by Crippen LogP contribution is 2.34. The number of thioether (sulfide) groups is 1. The Balaban J connectivity index is 1.27. The van der Waals surface area contributed by atoms with Crippen LogP contribution in [0.2, 0.25) is 0 Å². The number of nitrogens with one attached hydrogen (secondary N) is 3. The summed E-state index contributed by atoms with van der Waals surface area (Å²) in [6.45, 7) is 0.619. The van der Waals surface area contributed by atoms with Gasteiger partial charge in [0.1, 0.15) is 0 Å². The molecule has 7 heteroatoms. The van der Waals surface area contributed by atoms with Gasteiger partial charge in [0.2, 0.25) is 17.7 Å². The van der Waals surface area contributed by atoms with E-state index in [1.54, 1.807) is 11.8 Å². The Kier molecular flexibility index (Phi) is 6.43. The molecule has 3 amide bonds. The van der Waals surface area contributed by atoms with Crippen LogP contribution in [0.15, 0.2) is 24.3 Å². The number of anilines is 1. The van der Waals surface area contributed by atoms with Crippen LogP contribution in [0.4, 0.5) is 5.69 Å². The maximum atomic E-state index is 12.7. The second-order valence-electron chi connectivity index (χ2n) is 8.30. The maximum Gasteiger partial charge on any atom is 0.233 e. The third-order valence-corrected chi connectivity index (χ3v) is 7.69. The van der Waals surface area contributed by atoms with Crippen LogP contribution in [0.1, 0.15) is 56.4 Å². The lowest BCUT2D eigenvalue weighted by Gasteiger charge is -2.24. The Morgan fingerprint density at radius 2 is 1.97 bits per heavy atom. The van der Waals surface area contributed by atoms with Gasteiger partial charge in [0, 0.05) is 24.7 Å². The highest BCUT2D eigenvalue weighted by Gasteiger charge is 2.34. The van der Waals surface area contributed by atoms with Gasteiger partial charge in [-0.25, -0.2) is 0 Å². The zero-order chi connectivity index (χ0) is 20.2. The molecule has 0 spiro atoms. The summed E-state index contributed by atoms with van der Waals surface area (Å²) in [5, 5.41) is 9.18. The molecule has 3 aliphatic rings. The molecule has 1 saturated heterocycles. The average molecular weight is 416 g/mol. The quantitative estimate of drug-likeness (QED) is 0.667. The molecule has 3 N–H and O–H groups in total. The van der Waals surface area contributed by atoms with E-state index >= 15 is 0 Å². The fourth-order valence-corrected chi connectivity index (χ4v) is 5.92. The van der Waals surface area contributed by atoms with Gasteiger partial charge in [-0.2, -0.15) is 0 Å². The lowest BCUT2D eigenvalue weighted by molar-refractivity contribution is -0.125. The van der Waals surface area contributed by atoms with Crippen LogP contribution in [-0.4, -0.2) is 41.3 Å². The van der Waals surface area contributed by atoms with Crippen molar-refractivity contribution < 1.29 is 14.4 Å². The normalized spacial score (nSPS) is 28.5. The number of hydrogen-bond acceptors (Lipinski definition) is 4. The molecule has 2 heterocycles. The molecule has 2 aliphatic heterocycles. The number of rotatable bonds is 6. The molecule has 6 nitrogen and oxygen atoms in total. The minimum atomic E-state index is -0.422. The maximum absolute atomic E-state index is 12.7. The van der Waals surface area contributed by atoms with E-state index in [-0.39, 0.29) is 41.4 Å². The number of carbonyl (C=O) groups excluding carboxylic acids is 3. The molecule has 2 fully saturated rings. The number of benzene rings is 1. The van der Waals surface area contributed by atoms with Gasteiger partial charge in [0.25, 0.3) is 0 Å². The first kappa shape index (κ1) is 20.3. The number of fused-ring (bicyclic) bond motifs is 1. The molecule has 0 radical (unpaired) electrons. The molecule has 1 aromatic rings. The monoisotopic (exact) mass is 415 g/mol. The highest BCUT2D eigenvalue weighted by atomic mass is 32.2. The van der Waals surface area contributed by atoms with Crippen molar-refractivity contribution in [2.45, 2.75) is 62.2 Å². The van der Waals surface area contributed by atoms with Gasteiger partial charge < -0.3 is 16.0 Å². The molecular formula is C22H29N3O3S. The second kappa shape index (κ2) is 9.20. The molecule has 1 aromatic carbocycles. The number of para-hydroxylation sites is 1. The summed E-state index contributed by atoms with van der Waals surface area (Å²) in [7, 11) is 0. The SMILES string of the molecule is O=C(CC1C(=O)Nc2ccccc21)NC1CCCC1CNC(=O)C1CCCCS1. The van der Waals surface area contributed by atoms with Crippen molar-refractivity contribution in [2.75, 3.05) is 17.6 Å². The molecule has 29 heavy (non-hydrogen) atoms. The first-order chi connectivity index (χ1) is 14.1. The molecular weight excluding hydrogens is 386 g/mol. The minimum Gasteiger partial charge on any atom is -0.355 e. The predicted octanol–water partition coefficient (Wildman–Crippen LogP) is 2.80. The molecule has 4 unspecified atom stereocenters. The Hall–Kier alpha value is -2.02. The smallest absolute Gasteiger partial charge is 0.233 e. The lowest BCUT2D eigenvalue weighted by atomic mass is 9.96. The Bertz CT molecular complexity index is 778. The summed E-state index contributed by atoms with van der Waals surface area (Å²) in [6.07, 6.45) is 6.45. The van der Waals surface area contributed by atoms with Gasteiger partial charge in [-0.3, -0.25) is 14.4 Å². The second-order valence-corrected chi connectivity index (χ2v) is 9.61. The van der Waals surface area contributed by atoms with E-state index in [1.807, 2.05) is 24.3 Å².